The van der Waals surface area contributed by atoms with Gasteiger partial charge < -0.3 is 20.1 Å². The smallest absolute Gasteiger partial charge is 0.408 e. The zero-order chi connectivity index (χ0) is 15.4. The Morgan fingerprint density at radius 1 is 1.52 bits per heavy atom. The van der Waals surface area contributed by atoms with Crippen molar-refractivity contribution in [2.45, 2.75) is 19.3 Å². The second kappa shape index (κ2) is 6.33. The van der Waals surface area contributed by atoms with Gasteiger partial charge in [-0.05, 0) is 12.1 Å². The highest BCUT2D eigenvalue weighted by Gasteiger charge is 2.29. The Kier molecular flexibility index (Phi) is 4.51. The van der Waals surface area contributed by atoms with Gasteiger partial charge in [0, 0.05) is 12.1 Å². The number of ether oxygens (including phenoxy) is 2. The minimum Gasteiger partial charge on any atom is -0.434 e. The van der Waals surface area contributed by atoms with Crippen molar-refractivity contribution in [3.05, 3.63) is 29.6 Å². The fraction of sp³-hybridized carbons (Fsp3) is 0.333. The lowest BCUT2D eigenvalue weighted by molar-refractivity contribution is -0.127. The summed E-state index contributed by atoms with van der Waals surface area (Å²) in [4.78, 5) is 22.5. The average molecular weight is 304 g/mol. The van der Waals surface area contributed by atoms with Crippen molar-refractivity contribution < 1.29 is 32.2 Å². The van der Waals surface area contributed by atoms with Gasteiger partial charge in [-0.25, -0.2) is 9.18 Å². The highest BCUT2D eigenvalue weighted by molar-refractivity contribution is 5.86. The predicted molar refractivity (Wildman–Crippen MR) is 63.2 cm³/mol. The van der Waals surface area contributed by atoms with Gasteiger partial charge >= 0.3 is 12.7 Å². The molecule has 0 aliphatic carbocycles. The number of carbonyl (C=O) groups is 2. The fourth-order valence-electron chi connectivity index (χ4n) is 1.74. The van der Waals surface area contributed by atoms with E-state index in [1.165, 1.54) is 6.07 Å². The first-order valence-electron chi connectivity index (χ1n) is 5.91. The van der Waals surface area contributed by atoms with E-state index >= 15 is 0 Å². The first kappa shape index (κ1) is 14.9. The Bertz CT molecular complexity index is 553. The second-order valence-corrected chi connectivity index (χ2v) is 4.09. The number of halogens is 3. The Morgan fingerprint density at radius 3 is 2.90 bits per heavy atom. The monoisotopic (exact) mass is 304 g/mol. The minimum absolute atomic E-state index is 0.0116. The molecule has 114 valence electrons. The van der Waals surface area contributed by atoms with Crippen LogP contribution < -0.4 is 15.4 Å². The van der Waals surface area contributed by atoms with Gasteiger partial charge in [-0.3, -0.25) is 4.79 Å². The van der Waals surface area contributed by atoms with E-state index in [4.69, 9.17) is 0 Å². The van der Waals surface area contributed by atoms with Gasteiger partial charge in [-0.2, -0.15) is 8.78 Å². The van der Waals surface area contributed by atoms with E-state index in [-0.39, 0.29) is 24.4 Å². The lowest BCUT2D eigenvalue weighted by atomic mass is 10.2. The first-order chi connectivity index (χ1) is 9.97. The van der Waals surface area contributed by atoms with Crippen LogP contribution in [0.4, 0.5) is 18.0 Å². The zero-order valence-electron chi connectivity index (χ0n) is 10.6. The molecule has 9 heteroatoms. The van der Waals surface area contributed by atoms with Crippen LogP contribution in [-0.2, 0) is 16.1 Å². The van der Waals surface area contributed by atoms with E-state index < -0.39 is 30.5 Å². The third kappa shape index (κ3) is 3.77. The molecule has 1 aromatic rings. The number of alkyl carbamates (subject to hydrolysis) is 1. The van der Waals surface area contributed by atoms with Crippen LogP contribution in [-0.4, -0.2) is 31.3 Å². The molecule has 1 aliphatic heterocycles. The van der Waals surface area contributed by atoms with E-state index in [1.54, 1.807) is 0 Å². The number of rotatable bonds is 5. The van der Waals surface area contributed by atoms with E-state index in [2.05, 4.69) is 20.1 Å². The number of amides is 2. The number of hydrogen-bond acceptors (Lipinski definition) is 4. The maximum Gasteiger partial charge on any atom is 0.408 e. The van der Waals surface area contributed by atoms with E-state index in [9.17, 15) is 22.8 Å². The first-order valence-corrected chi connectivity index (χ1v) is 5.91. The number of cyclic esters (lactones) is 1. The molecule has 0 radical (unpaired) electrons. The van der Waals surface area contributed by atoms with Crippen LogP contribution in [0.1, 0.15) is 5.56 Å². The summed E-state index contributed by atoms with van der Waals surface area (Å²) in [5.74, 6) is -1.83. The normalized spacial score (nSPS) is 17.3. The van der Waals surface area contributed by atoms with Crippen molar-refractivity contribution in [1.29, 1.82) is 0 Å². The minimum atomic E-state index is -3.11. The molecule has 6 nitrogen and oxygen atoms in total. The number of benzene rings is 1. The second-order valence-electron chi connectivity index (χ2n) is 4.09. The molecule has 0 saturated carbocycles. The highest BCUT2D eigenvalue weighted by atomic mass is 19.3. The topological polar surface area (TPSA) is 76.7 Å². The highest BCUT2D eigenvalue weighted by Crippen LogP contribution is 2.23. The van der Waals surface area contributed by atoms with Gasteiger partial charge in [0.25, 0.3) is 5.91 Å². The van der Waals surface area contributed by atoms with Crippen LogP contribution in [0.15, 0.2) is 18.2 Å². The molecule has 1 saturated heterocycles. The van der Waals surface area contributed by atoms with E-state index in [1.807, 2.05) is 0 Å². The summed E-state index contributed by atoms with van der Waals surface area (Å²) in [7, 11) is 0. The predicted octanol–water partition coefficient (Wildman–Crippen LogP) is 1.15. The summed E-state index contributed by atoms with van der Waals surface area (Å²) in [5.41, 5.74) is -0.219. The standard InChI is InChI=1S/C12H11F3N2O4/c13-7-2-1-3-8(20-11(14)15)6(7)4-16-10(18)9-5-17-12(19)21-9/h1-3,9,11H,4-5H2,(H,16,18)(H,17,19)/t9-/m0/s1. The van der Waals surface area contributed by atoms with Gasteiger partial charge in [-0.15, -0.1) is 0 Å². The number of alkyl halides is 2. The molecule has 1 heterocycles. The molecular formula is C12H11F3N2O4. The van der Waals surface area contributed by atoms with Gasteiger partial charge in [0.05, 0.1) is 6.54 Å². The van der Waals surface area contributed by atoms with Gasteiger partial charge in [-0.1, -0.05) is 6.07 Å². The molecule has 21 heavy (non-hydrogen) atoms. The van der Waals surface area contributed by atoms with Crippen LogP contribution in [0.3, 0.4) is 0 Å². The van der Waals surface area contributed by atoms with Gasteiger partial charge in [0.1, 0.15) is 11.6 Å². The molecule has 0 aromatic heterocycles. The van der Waals surface area contributed by atoms with Crippen molar-refractivity contribution in [2.75, 3.05) is 6.54 Å². The van der Waals surface area contributed by atoms with Crippen molar-refractivity contribution in [2.24, 2.45) is 0 Å². The lowest BCUT2D eigenvalue weighted by Gasteiger charge is -2.13. The van der Waals surface area contributed by atoms with Crippen molar-refractivity contribution in [1.82, 2.24) is 10.6 Å². The Hall–Kier alpha value is -2.45. The molecule has 0 spiro atoms. The van der Waals surface area contributed by atoms with E-state index in [0.29, 0.717) is 0 Å². The van der Waals surface area contributed by atoms with Crippen LogP contribution in [0.2, 0.25) is 0 Å². The third-order valence-electron chi connectivity index (χ3n) is 2.70. The van der Waals surface area contributed by atoms with Crippen molar-refractivity contribution in [3.63, 3.8) is 0 Å². The lowest BCUT2D eigenvalue weighted by Crippen LogP contribution is -2.36. The summed E-state index contributed by atoms with van der Waals surface area (Å²) in [5, 5.41) is 4.57. The molecule has 1 atom stereocenters. The van der Waals surface area contributed by atoms with Crippen molar-refractivity contribution in [3.8, 4) is 5.75 Å². The third-order valence-corrected chi connectivity index (χ3v) is 2.70. The van der Waals surface area contributed by atoms with Crippen LogP contribution in [0.25, 0.3) is 0 Å². The van der Waals surface area contributed by atoms with Crippen LogP contribution in [0, 0.1) is 5.82 Å². The van der Waals surface area contributed by atoms with Crippen molar-refractivity contribution >= 4 is 12.0 Å². The average Bonchev–Trinajstić information content (AvgIpc) is 2.84. The summed E-state index contributed by atoms with van der Waals surface area (Å²) in [6.07, 6.45) is -1.77. The Morgan fingerprint density at radius 2 is 2.29 bits per heavy atom. The molecule has 2 rings (SSSR count). The molecule has 1 aromatic carbocycles. The number of nitrogens with one attached hydrogen (secondary N) is 2. The number of carbonyl (C=O) groups excluding carboxylic acids is 2. The summed E-state index contributed by atoms with van der Waals surface area (Å²) >= 11 is 0. The summed E-state index contributed by atoms with van der Waals surface area (Å²) in [6.45, 7) is -3.49. The van der Waals surface area contributed by atoms with Crippen LogP contribution >= 0.6 is 0 Å². The molecule has 0 bridgehead atoms. The van der Waals surface area contributed by atoms with Crippen LogP contribution in [0.5, 0.6) is 5.75 Å². The van der Waals surface area contributed by atoms with E-state index in [0.717, 1.165) is 12.1 Å². The summed E-state index contributed by atoms with van der Waals surface area (Å²) < 4.78 is 46.9. The Labute approximate surface area is 117 Å². The Balaban J connectivity index is 2.02. The molecule has 0 unspecified atom stereocenters. The maximum atomic E-state index is 13.6. The molecule has 1 aliphatic rings. The number of hydrogen-bond donors (Lipinski definition) is 2. The van der Waals surface area contributed by atoms with Gasteiger partial charge in [0.15, 0.2) is 6.10 Å². The molecular weight excluding hydrogens is 293 g/mol. The molecule has 2 amide bonds. The maximum absolute atomic E-state index is 13.6. The summed E-state index contributed by atoms with van der Waals surface area (Å²) in [6, 6.07) is 3.42. The SMILES string of the molecule is O=C1NC[C@@H](C(=O)NCc2c(F)cccc2OC(F)F)O1. The largest absolute Gasteiger partial charge is 0.434 e. The molecule has 2 N–H and O–H groups in total. The molecule has 1 fully saturated rings. The quantitative estimate of drug-likeness (QED) is 0.855. The fourth-order valence-corrected chi connectivity index (χ4v) is 1.74. The van der Waals surface area contributed by atoms with Gasteiger partial charge in [0.2, 0.25) is 0 Å². The zero-order valence-corrected chi connectivity index (χ0v) is 10.6.